The molecule has 0 amide bonds. The predicted molar refractivity (Wildman–Crippen MR) is 80.8 cm³/mol. The minimum absolute atomic E-state index is 0.238. The minimum atomic E-state index is -0.471. The molecular weight excluding hydrogens is 292 g/mol. The number of aromatic nitrogens is 1. The van der Waals surface area contributed by atoms with Gasteiger partial charge in [0, 0.05) is 28.9 Å². The van der Waals surface area contributed by atoms with Gasteiger partial charge in [-0.3, -0.25) is 9.36 Å². The Hall–Kier alpha value is -2.53. The van der Waals surface area contributed by atoms with Crippen molar-refractivity contribution in [3.8, 4) is 0 Å². The first-order chi connectivity index (χ1) is 9.95. The summed E-state index contributed by atoms with van der Waals surface area (Å²) in [6.07, 6.45) is 0. The second-order valence-electron chi connectivity index (χ2n) is 4.71. The average Bonchev–Trinajstić information content (AvgIpc) is 2.71. The van der Waals surface area contributed by atoms with Crippen molar-refractivity contribution in [2.45, 2.75) is 0 Å². The van der Waals surface area contributed by atoms with E-state index in [1.165, 1.54) is 10.6 Å². The lowest BCUT2D eigenvalue weighted by atomic mass is 10.0. The zero-order valence-corrected chi connectivity index (χ0v) is 11.8. The molecule has 3 rings (SSSR count). The van der Waals surface area contributed by atoms with Crippen LogP contribution in [0, 0.1) is 0 Å². The van der Waals surface area contributed by atoms with E-state index in [9.17, 15) is 9.59 Å². The summed E-state index contributed by atoms with van der Waals surface area (Å²) in [6, 6.07) is 9.51. The fraction of sp³-hybridized carbons (Fsp3) is 0.0667. The van der Waals surface area contributed by atoms with Crippen molar-refractivity contribution in [1.29, 1.82) is 0 Å². The molecule has 0 radical (unpaired) electrons. The van der Waals surface area contributed by atoms with Crippen LogP contribution in [0.2, 0.25) is 5.02 Å². The van der Waals surface area contributed by atoms with E-state index in [4.69, 9.17) is 21.8 Å². The lowest BCUT2D eigenvalue weighted by Gasteiger charge is -2.04. The van der Waals surface area contributed by atoms with Gasteiger partial charge >= 0.3 is 5.76 Å². The molecule has 0 fully saturated rings. The normalized spacial score (nSPS) is 11.0. The number of fused-ring (bicyclic) bond motifs is 1. The Labute approximate surface area is 124 Å². The summed E-state index contributed by atoms with van der Waals surface area (Å²) in [6.45, 7) is 0. The highest BCUT2D eigenvalue weighted by atomic mass is 35.5. The Kier molecular flexibility index (Phi) is 3.07. The van der Waals surface area contributed by atoms with Gasteiger partial charge < -0.3 is 10.2 Å². The van der Waals surface area contributed by atoms with Crippen molar-refractivity contribution >= 4 is 34.2 Å². The number of nitrogens with two attached hydrogens (primary N) is 1. The number of halogens is 1. The van der Waals surface area contributed by atoms with Gasteiger partial charge in [-0.05, 0) is 36.4 Å². The van der Waals surface area contributed by atoms with Gasteiger partial charge in [0.05, 0.1) is 5.52 Å². The van der Waals surface area contributed by atoms with E-state index >= 15 is 0 Å². The summed E-state index contributed by atoms with van der Waals surface area (Å²) >= 11 is 5.91. The molecule has 2 N–H and O–H groups in total. The van der Waals surface area contributed by atoms with Gasteiger partial charge in [-0.25, -0.2) is 4.79 Å². The Bertz CT molecular complexity index is 904. The Balaban J connectivity index is 2.11. The first-order valence-corrected chi connectivity index (χ1v) is 6.54. The van der Waals surface area contributed by atoms with Crippen LogP contribution in [-0.4, -0.2) is 10.4 Å². The number of carbonyl (C=O) groups is 1. The van der Waals surface area contributed by atoms with Crippen LogP contribution < -0.4 is 11.5 Å². The maximum absolute atomic E-state index is 12.4. The largest absolute Gasteiger partial charge is 0.419 e. The van der Waals surface area contributed by atoms with Crippen molar-refractivity contribution in [3.63, 3.8) is 0 Å². The molecule has 3 aromatic rings. The summed E-state index contributed by atoms with van der Waals surface area (Å²) in [7, 11) is 1.60. The van der Waals surface area contributed by atoms with E-state index in [1.807, 2.05) is 0 Å². The standard InChI is InChI=1S/C15H11ClN2O3/c1-18-12-3-2-8(6-13(12)21-15(18)20)14(19)9-4-10(16)7-11(17)5-9/h2-7H,17H2,1H3. The highest BCUT2D eigenvalue weighted by Gasteiger charge is 2.14. The van der Waals surface area contributed by atoms with Crippen molar-refractivity contribution in [2.24, 2.45) is 7.05 Å². The molecule has 1 heterocycles. The zero-order chi connectivity index (χ0) is 15.1. The van der Waals surface area contributed by atoms with E-state index in [0.717, 1.165) is 0 Å². The number of nitrogen functional groups attached to an aromatic ring is 1. The second kappa shape index (κ2) is 4.79. The number of nitrogens with zero attached hydrogens (tertiary/aromatic N) is 1. The number of hydrogen-bond donors (Lipinski definition) is 1. The second-order valence-corrected chi connectivity index (χ2v) is 5.15. The van der Waals surface area contributed by atoms with Gasteiger partial charge in [-0.15, -0.1) is 0 Å². The van der Waals surface area contributed by atoms with Crippen LogP contribution in [0.5, 0.6) is 0 Å². The van der Waals surface area contributed by atoms with E-state index in [-0.39, 0.29) is 5.78 Å². The van der Waals surface area contributed by atoms with Crippen LogP contribution in [-0.2, 0) is 7.05 Å². The van der Waals surface area contributed by atoms with E-state index < -0.39 is 5.76 Å². The van der Waals surface area contributed by atoms with E-state index in [2.05, 4.69) is 0 Å². The van der Waals surface area contributed by atoms with Crippen LogP contribution in [0.15, 0.2) is 45.6 Å². The summed E-state index contributed by atoms with van der Waals surface area (Å²) in [4.78, 5) is 23.9. The fourth-order valence-electron chi connectivity index (χ4n) is 2.19. The van der Waals surface area contributed by atoms with Gasteiger partial charge in [0.1, 0.15) is 0 Å². The Morgan fingerprint density at radius 1 is 1.19 bits per heavy atom. The average molecular weight is 303 g/mol. The van der Waals surface area contributed by atoms with Crippen molar-refractivity contribution in [1.82, 2.24) is 4.57 Å². The van der Waals surface area contributed by atoms with Crippen LogP contribution in [0.3, 0.4) is 0 Å². The highest BCUT2D eigenvalue weighted by molar-refractivity contribution is 6.31. The molecule has 6 heteroatoms. The smallest absolute Gasteiger partial charge is 0.408 e. The quantitative estimate of drug-likeness (QED) is 0.583. The number of anilines is 1. The number of carbonyl (C=O) groups excluding carboxylic acids is 1. The number of rotatable bonds is 2. The number of aryl methyl sites for hydroxylation is 1. The third-order valence-corrected chi connectivity index (χ3v) is 3.46. The molecule has 0 aliphatic heterocycles. The SMILES string of the molecule is Cn1c(=O)oc2cc(C(=O)c3cc(N)cc(Cl)c3)ccc21. The first-order valence-electron chi connectivity index (χ1n) is 6.16. The van der Waals surface area contributed by atoms with Gasteiger partial charge in [0.2, 0.25) is 0 Å². The summed E-state index contributed by atoms with van der Waals surface area (Å²) in [5.74, 6) is -0.709. The van der Waals surface area contributed by atoms with Crippen molar-refractivity contribution in [2.75, 3.05) is 5.73 Å². The third-order valence-electron chi connectivity index (χ3n) is 3.24. The molecule has 0 saturated heterocycles. The van der Waals surface area contributed by atoms with Crippen LogP contribution >= 0.6 is 11.6 Å². The maximum Gasteiger partial charge on any atom is 0.419 e. The van der Waals surface area contributed by atoms with Crippen LogP contribution in [0.1, 0.15) is 15.9 Å². The molecule has 106 valence electrons. The van der Waals surface area contributed by atoms with Crippen LogP contribution in [0.25, 0.3) is 11.1 Å². The molecule has 0 unspecified atom stereocenters. The lowest BCUT2D eigenvalue weighted by molar-refractivity contribution is 0.103. The molecule has 0 saturated carbocycles. The Morgan fingerprint density at radius 3 is 2.67 bits per heavy atom. The van der Waals surface area contributed by atoms with E-state index in [0.29, 0.717) is 32.9 Å². The summed E-state index contributed by atoms with van der Waals surface area (Å²) < 4.78 is 6.45. The first kappa shape index (κ1) is 13.5. The third kappa shape index (κ3) is 2.32. The number of hydrogen-bond acceptors (Lipinski definition) is 4. The number of ketones is 1. The monoisotopic (exact) mass is 302 g/mol. The molecule has 0 aliphatic carbocycles. The van der Waals surface area contributed by atoms with Crippen molar-refractivity contribution < 1.29 is 9.21 Å². The predicted octanol–water partition coefficient (Wildman–Crippen LogP) is 2.60. The number of oxazole rings is 1. The lowest BCUT2D eigenvalue weighted by Crippen LogP contribution is -2.08. The topological polar surface area (TPSA) is 78.2 Å². The molecule has 2 aromatic carbocycles. The zero-order valence-electron chi connectivity index (χ0n) is 11.1. The fourth-order valence-corrected chi connectivity index (χ4v) is 2.43. The molecule has 0 spiro atoms. The molecular formula is C15H11ClN2O3. The van der Waals surface area contributed by atoms with Gasteiger partial charge in [-0.1, -0.05) is 11.6 Å². The molecule has 1 aromatic heterocycles. The number of benzene rings is 2. The van der Waals surface area contributed by atoms with Crippen molar-refractivity contribution in [3.05, 3.63) is 63.1 Å². The Morgan fingerprint density at radius 2 is 1.95 bits per heavy atom. The summed E-state index contributed by atoms with van der Waals surface area (Å²) in [5.41, 5.74) is 7.88. The molecule has 0 atom stereocenters. The van der Waals surface area contributed by atoms with Gasteiger partial charge in [-0.2, -0.15) is 0 Å². The molecule has 21 heavy (non-hydrogen) atoms. The molecule has 5 nitrogen and oxygen atoms in total. The summed E-state index contributed by atoms with van der Waals surface area (Å²) in [5, 5.41) is 0.394. The van der Waals surface area contributed by atoms with Gasteiger partial charge in [0.25, 0.3) is 0 Å². The van der Waals surface area contributed by atoms with E-state index in [1.54, 1.807) is 37.4 Å². The maximum atomic E-state index is 12.4. The molecule has 0 bridgehead atoms. The van der Waals surface area contributed by atoms with Crippen LogP contribution in [0.4, 0.5) is 5.69 Å². The van der Waals surface area contributed by atoms with Gasteiger partial charge in [0.15, 0.2) is 11.4 Å². The highest BCUT2D eigenvalue weighted by Crippen LogP contribution is 2.21. The minimum Gasteiger partial charge on any atom is -0.408 e. The molecule has 0 aliphatic rings.